The average Bonchev–Trinajstić information content (AvgIpc) is 2.88. The van der Waals surface area contributed by atoms with Crippen LogP contribution in [0, 0.1) is 0 Å². The van der Waals surface area contributed by atoms with Crippen LogP contribution in [0.25, 0.3) is 0 Å². The van der Waals surface area contributed by atoms with Crippen LogP contribution in [0.15, 0.2) is 46.9 Å². The van der Waals surface area contributed by atoms with E-state index in [2.05, 4.69) is 82.5 Å². The third-order valence-corrected chi connectivity index (χ3v) is 4.54. The summed E-state index contributed by atoms with van der Waals surface area (Å²) in [6.07, 6.45) is 0. The number of hydrogen-bond acceptors (Lipinski definition) is 2. The van der Waals surface area contributed by atoms with Gasteiger partial charge in [-0.3, -0.25) is 0 Å². The van der Waals surface area contributed by atoms with E-state index in [9.17, 15) is 0 Å². The van der Waals surface area contributed by atoms with Gasteiger partial charge in [0, 0.05) is 30.1 Å². The molecule has 0 unspecified atom stereocenters. The Balaban J connectivity index is 1.75. The first-order chi connectivity index (χ1) is 10.1. The monoisotopic (exact) mass is 344 g/mol. The summed E-state index contributed by atoms with van der Waals surface area (Å²) in [7, 11) is 0. The number of fused-ring (bicyclic) bond motifs is 1. The van der Waals surface area contributed by atoms with Crippen molar-refractivity contribution in [1.82, 2.24) is 5.32 Å². The fourth-order valence-electron chi connectivity index (χ4n) is 2.74. The molecule has 0 radical (unpaired) electrons. The number of halogens is 1. The fraction of sp³-hybridized carbons (Fsp3) is 0.333. The molecule has 2 aromatic rings. The number of rotatable bonds is 4. The molecule has 21 heavy (non-hydrogen) atoms. The molecule has 110 valence electrons. The second-order valence-electron chi connectivity index (χ2n) is 5.95. The van der Waals surface area contributed by atoms with Crippen LogP contribution >= 0.6 is 15.9 Å². The predicted molar refractivity (Wildman–Crippen MR) is 92.4 cm³/mol. The molecule has 0 saturated carbocycles. The summed E-state index contributed by atoms with van der Waals surface area (Å²) >= 11 is 3.74. The molecule has 1 aliphatic heterocycles. The maximum atomic E-state index is 3.74. The second-order valence-corrected chi connectivity index (χ2v) is 6.80. The van der Waals surface area contributed by atoms with Crippen molar-refractivity contribution < 1.29 is 0 Å². The van der Waals surface area contributed by atoms with Crippen LogP contribution in [0.3, 0.4) is 0 Å². The molecular weight excluding hydrogens is 324 g/mol. The van der Waals surface area contributed by atoms with Gasteiger partial charge >= 0.3 is 0 Å². The largest absolute Gasteiger partial charge is 0.362 e. The number of nitrogens with zero attached hydrogens (tertiary/aromatic N) is 1. The van der Waals surface area contributed by atoms with Crippen LogP contribution in [0.4, 0.5) is 5.69 Å². The molecule has 1 aliphatic rings. The molecule has 0 atom stereocenters. The molecule has 1 N–H and O–H groups in total. The molecule has 0 bridgehead atoms. The molecule has 0 fully saturated rings. The lowest BCUT2D eigenvalue weighted by Gasteiger charge is -2.20. The van der Waals surface area contributed by atoms with Crippen molar-refractivity contribution in [2.75, 3.05) is 4.90 Å². The normalized spacial score (nSPS) is 13.8. The first-order valence-electron chi connectivity index (χ1n) is 7.47. The maximum absolute atomic E-state index is 3.74. The smallest absolute Gasteiger partial charge is 0.0516 e. The maximum Gasteiger partial charge on any atom is 0.0516 e. The van der Waals surface area contributed by atoms with Crippen molar-refractivity contribution in [3.05, 3.63) is 63.6 Å². The Bertz CT molecular complexity index is 612. The third kappa shape index (κ3) is 3.30. The first-order valence-corrected chi connectivity index (χ1v) is 8.26. The minimum atomic E-state index is 0.511. The SMILES string of the molecule is CC(C)NCc1ccc(N2Cc3ccccc3C2)c(Br)c1. The zero-order valence-electron chi connectivity index (χ0n) is 12.6. The Hall–Kier alpha value is -1.32. The van der Waals surface area contributed by atoms with E-state index in [4.69, 9.17) is 0 Å². The Morgan fingerprint density at radius 3 is 2.33 bits per heavy atom. The van der Waals surface area contributed by atoms with Crippen molar-refractivity contribution in [1.29, 1.82) is 0 Å². The quantitative estimate of drug-likeness (QED) is 0.880. The van der Waals surface area contributed by atoms with Gasteiger partial charge in [0.25, 0.3) is 0 Å². The molecule has 3 rings (SSSR count). The summed E-state index contributed by atoms with van der Waals surface area (Å²) < 4.78 is 1.18. The standard InChI is InChI=1S/C18H21BrN2/c1-13(2)20-10-14-7-8-18(17(19)9-14)21-11-15-5-3-4-6-16(15)12-21/h3-9,13,20H,10-12H2,1-2H3. The average molecular weight is 345 g/mol. The van der Waals surface area contributed by atoms with Gasteiger partial charge in [0.05, 0.1) is 5.69 Å². The third-order valence-electron chi connectivity index (χ3n) is 3.91. The van der Waals surface area contributed by atoms with Gasteiger partial charge in [-0.05, 0) is 44.8 Å². The summed E-state index contributed by atoms with van der Waals surface area (Å²) in [6.45, 7) is 7.25. The molecule has 0 aliphatic carbocycles. The molecule has 3 heteroatoms. The second kappa shape index (κ2) is 6.20. The number of benzene rings is 2. The van der Waals surface area contributed by atoms with Crippen LogP contribution in [-0.2, 0) is 19.6 Å². The van der Waals surface area contributed by atoms with Crippen molar-refractivity contribution in [3.8, 4) is 0 Å². The van der Waals surface area contributed by atoms with E-state index in [-0.39, 0.29) is 0 Å². The highest BCUT2D eigenvalue weighted by Gasteiger charge is 2.20. The predicted octanol–water partition coefficient (Wildman–Crippen LogP) is 4.47. The Labute approximate surface area is 135 Å². The molecule has 0 spiro atoms. The first kappa shape index (κ1) is 14.6. The molecule has 1 heterocycles. The van der Waals surface area contributed by atoms with E-state index in [0.717, 1.165) is 19.6 Å². The fourth-order valence-corrected chi connectivity index (χ4v) is 3.42. The summed E-state index contributed by atoms with van der Waals surface area (Å²) in [4.78, 5) is 2.43. The van der Waals surface area contributed by atoms with Crippen LogP contribution in [-0.4, -0.2) is 6.04 Å². The van der Waals surface area contributed by atoms with E-state index in [1.807, 2.05) is 0 Å². The van der Waals surface area contributed by atoms with Crippen molar-refractivity contribution >= 4 is 21.6 Å². The van der Waals surface area contributed by atoms with Gasteiger partial charge in [-0.1, -0.05) is 44.2 Å². The lowest BCUT2D eigenvalue weighted by atomic mass is 10.1. The molecule has 0 saturated heterocycles. The van der Waals surface area contributed by atoms with E-state index in [1.165, 1.54) is 26.9 Å². The zero-order chi connectivity index (χ0) is 14.8. The molecule has 2 aromatic carbocycles. The van der Waals surface area contributed by atoms with Gasteiger partial charge in [-0.25, -0.2) is 0 Å². The highest BCUT2D eigenvalue weighted by molar-refractivity contribution is 9.10. The lowest BCUT2D eigenvalue weighted by Crippen LogP contribution is -2.22. The van der Waals surface area contributed by atoms with E-state index in [1.54, 1.807) is 0 Å². The van der Waals surface area contributed by atoms with Gasteiger partial charge in [-0.2, -0.15) is 0 Å². The van der Waals surface area contributed by atoms with Crippen molar-refractivity contribution in [2.45, 2.75) is 39.5 Å². The van der Waals surface area contributed by atoms with E-state index >= 15 is 0 Å². The molecule has 0 amide bonds. The van der Waals surface area contributed by atoms with Gasteiger partial charge < -0.3 is 10.2 Å². The van der Waals surface area contributed by atoms with Gasteiger partial charge in [0.15, 0.2) is 0 Å². The van der Waals surface area contributed by atoms with E-state index < -0.39 is 0 Å². The van der Waals surface area contributed by atoms with Gasteiger partial charge in [0.2, 0.25) is 0 Å². The van der Waals surface area contributed by atoms with Crippen LogP contribution in [0.2, 0.25) is 0 Å². The minimum absolute atomic E-state index is 0.511. The van der Waals surface area contributed by atoms with Crippen LogP contribution in [0.5, 0.6) is 0 Å². The molecule has 2 nitrogen and oxygen atoms in total. The summed E-state index contributed by atoms with van der Waals surface area (Å²) in [5, 5.41) is 3.46. The summed E-state index contributed by atoms with van der Waals surface area (Å²) in [5.41, 5.74) is 5.47. The lowest BCUT2D eigenvalue weighted by molar-refractivity contribution is 0.588. The van der Waals surface area contributed by atoms with Crippen LogP contribution < -0.4 is 10.2 Å². The summed E-state index contributed by atoms with van der Waals surface area (Å²) in [6, 6.07) is 15.9. The topological polar surface area (TPSA) is 15.3 Å². The minimum Gasteiger partial charge on any atom is -0.362 e. The number of hydrogen-bond donors (Lipinski definition) is 1. The zero-order valence-corrected chi connectivity index (χ0v) is 14.2. The highest BCUT2D eigenvalue weighted by Crippen LogP contribution is 2.33. The van der Waals surface area contributed by atoms with Gasteiger partial charge in [-0.15, -0.1) is 0 Å². The highest BCUT2D eigenvalue weighted by atomic mass is 79.9. The Kier molecular flexibility index (Phi) is 4.32. The summed E-state index contributed by atoms with van der Waals surface area (Å²) in [5.74, 6) is 0. The molecular formula is C18H21BrN2. The van der Waals surface area contributed by atoms with Crippen molar-refractivity contribution in [3.63, 3.8) is 0 Å². The Morgan fingerprint density at radius 2 is 1.76 bits per heavy atom. The van der Waals surface area contributed by atoms with Crippen LogP contribution in [0.1, 0.15) is 30.5 Å². The number of nitrogens with one attached hydrogen (secondary N) is 1. The van der Waals surface area contributed by atoms with Gasteiger partial charge in [0.1, 0.15) is 0 Å². The molecule has 0 aromatic heterocycles. The van der Waals surface area contributed by atoms with E-state index in [0.29, 0.717) is 6.04 Å². The van der Waals surface area contributed by atoms with Crippen molar-refractivity contribution in [2.24, 2.45) is 0 Å². The number of anilines is 1. The Morgan fingerprint density at radius 1 is 1.10 bits per heavy atom.